The van der Waals surface area contributed by atoms with E-state index in [1.54, 1.807) is 37.6 Å². The van der Waals surface area contributed by atoms with Gasteiger partial charge >= 0.3 is 0 Å². The normalized spacial score (nSPS) is 12.0. The Hall–Kier alpha value is -3.72. The van der Waals surface area contributed by atoms with Crippen molar-refractivity contribution in [2.45, 2.75) is 4.90 Å². The zero-order valence-corrected chi connectivity index (χ0v) is 23.2. The molecule has 194 valence electrons. The van der Waals surface area contributed by atoms with Crippen molar-refractivity contribution in [3.8, 4) is 11.3 Å². The number of benzene rings is 3. The number of nitrogens with one attached hydrogen (secondary N) is 3. The van der Waals surface area contributed by atoms with Crippen molar-refractivity contribution in [2.24, 2.45) is 0 Å². The number of para-hydroxylation sites is 1. The summed E-state index contributed by atoms with van der Waals surface area (Å²) >= 11 is 6.37. The molecule has 3 N–H and O–H groups in total. The summed E-state index contributed by atoms with van der Waals surface area (Å²) in [6.45, 7) is 3.42. The van der Waals surface area contributed by atoms with Gasteiger partial charge in [-0.05, 0) is 55.8 Å². The van der Waals surface area contributed by atoms with E-state index in [2.05, 4.69) is 30.8 Å². The highest BCUT2D eigenvalue weighted by Gasteiger charge is 2.17. The van der Waals surface area contributed by atoms with Gasteiger partial charge < -0.3 is 15.2 Å². The van der Waals surface area contributed by atoms with E-state index in [0.717, 1.165) is 16.5 Å². The maximum Gasteiger partial charge on any atom is 0.229 e. The van der Waals surface area contributed by atoms with Gasteiger partial charge in [-0.25, -0.2) is 13.4 Å². The minimum absolute atomic E-state index is 0.246. The molecule has 0 aliphatic carbocycles. The van der Waals surface area contributed by atoms with Gasteiger partial charge in [-0.15, -0.1) is 0 Å². The minimum atomic E-state index is -3.29. The van der Waals surface area contributed by atoms with Crippen LogP contribution in [0.25, 0.3) is 22.2 Å². The molecule has 0 saturated heterocycles. The number of aromatic amines is 1. The number of H-pyrrole nitrogens is 1. The third kappa shape index (κ3) is 5.43. The van der Waals surface area contributed by atoms with E-state index >= 15 is 0 Å². The summed E-state index contributed by atoms with van der Waals surface area (Å²) in [5, 5.41) is 15.7. The SMILES string of the molecule is CP(C)(=O)c1ccccc1Nc1nc(Nc2ccc3[nH]nc(-c4ccc(S(C)(=O)=O)cc4)c3c2)ncc1Cl. The first-order chi connectivity index (χ1) is 18.0. The molecule has 3 aromatic carbocycles. The lowest BCUT2D eigenvalue weighted by Crippen LogP contribution is -2.10. The zero-order valence-electron chi connectivity index (χ0n) is 20.7. The first-order valence-corrected chi connectivity index (χ1v) is 16.4. The fourth-order valence-corrected chi connectivity index (χ4v) is 5.92. The van der Waals surface area contributed by atoms with Crippen LogP contribution in [-0.4, -0.2) is 48.2 Å². The summed E-state index contributed by atoms with van der Waals surface area (Å²) < 4.78 is 36.3. The Kier molecular flexibility index (Phi) is 6.73. The van der Waals surface area contributed by atoms with Gasteiger partial charge in [0.1, 0.15) is 12.2 Å². The summed E-state index contributed by atoms with van der Waals surface area (Å²) in [5.41, 5.74) is 3.66. The average molecular weight is 567 g/mol. The molecular weight excluding hydrogens is 543 g/mol. The van der Waals surface area contributed by atoms with Gasteiger partial charge in [0.2, 0.25) is 5.95 Å². The molecule has 12 heteroatoms. The fourth-order valence-electron chi connectivity index (χ4n) is 3.99. The quantitative estimate of drug-likeness (QED) is 0.210. The first kappa shape index (κ1) is 25.9. The Balaban J connectivity index is 1.44. The van der Waals surface area contributed by atoms with Crippen LogP contribution < -0.4 is 15.9 Å². The Morgan fingerprint density at radius 3 is 2.42 bits per heavy atom. The number of hydrogen-bond acceptors (Lipinski definition) is 8. The van der Waals surface area contributed by atoms with Crippen molar-refractivity contribution in [3.63, 3.8) is 0 Å². The van der Waals surface area contributed by atoms with Crippen LogP contribution in [0.2, 0.25) is 5.02 Å². The lowest BCUT2D eigenvalue weighted by molar-refractivity contribution is 0.588. The summed E-state index contributed by atoms with van der Waals surface area (Å²) in [4.78, 5) is 9.08. The highest BCUT2D eigenvalue weighted by Crippen LogP contribution is 2.38. The van der Waals surface area contributed by atoms with Crippen LogP contribution in [0, 0.1) is 0 Å². The Labute approximate surface area is 225 Å². The Bertz CT molecular complexity index is 1820. The molecule has 0 atom stereocenters. The molecule has 0 fully saturated rings. The molecule has 5 aromatic rings. The molecule has 0 aliphatic heterocycles. The second-order valence-electron chi connectivity index (χ2n) is 9.14. The molecule has 0 aliphatic rings. The van der Waals surface area contributed by atoms with Gasteiger partial charge in [0, 0.05) is 28.2 Å². The molecule has 2 aromatic heterocycles. The third-order valence-electron chi connectivity index (χ3n) is 5.86. The van der Waals surface area contributed by atoms with E-state index in [0.29, 0.717) is 39.2 Å². The van der Waals surface area contributed by atoms with Crippen LogP contribution in [0.1, 0.15) is 0 Å². The van der Waals surface area contributed by atoms with Crippen molar-refractivity contribution in [3.05, 3.63) is 77.9 Å². The van der Waals surface area contributed by atoms with Gasteiger partial charge in [-0.2, -0.15) is 10.1 Å². The number of rotatable bonds is 7. The van der Waals surface area contributed by atoms with Crippen molar-refractivity contribution in [1.29, 1.82) is 0 Å². The monoisotopic (exact) mass is 566 g/mol. The second kappa shape index (κ2) is 9.87. The molecular formula is C26H24ClN6O3PS. The Morgan fingerprint density at radius 1 is 0.974 bits per heavy atom. The van der Waals surface area contributed by atoms with Crippen LogP contribution in [0.5, 0.6) is 0 Å². The summed E-state index contributed by atoms with van der Waals surface area (Å²) in [7, 11) is -5.83. The van der Waals surface area contributed by atoms with Crippen LogP contribution >= 0.6 is 18.7 Å². The fraction of sp³-hybridized carbons (Fsp3) is 0.115. The number of hydrogen-bond donors (Lipinski definition) is 3. The molecule has 0 spiro atoms. The predicted octanol–water partition coefficient (Wildman–Crippen LogP) is 5.81. The van der Waals surface area contributed by atoms with E-state index in [9.17, 15) is 13.0 Å². The molecule has 9 nitrogen and oxygen atoms in total. The smallest absolute Gasteiger partial charge is 0.229 e. The topological polar surface area (TPSA) is 130 Å². The lowest BCUT2D eigenvalue weighted by atomic mass is 10.1. The van der Waals surface area contributed by atoms with Crippen LogP contribution in [0.3, 0.4) is 0 Å². The number of sulfone groups is 1. The third-order valence-corrected chi connectivity index (χ3v) is 8.81. The van der Waals surface area contributed by atoms with Crippen molar-refractivity contribution in [2.75, 3.05) is 30.2 Å². The summed E-state index contributed by atoms with van der Waals surface area (Å²) in [5.74, 6) is 0.688. The minimum Gasteiger partial charge on any atom is -0.338 e. The number of aromatic nitrogens is 4. The van der Waals surface area contributed by atoms with Gasteiger partial charge in [-0.1, -0.05) is 35.9 Å². The van der Waals surface area contributed by atoms with Gasteiger partial charge in [-0.3, -0.25) is 5.10 Å². The van der Waals surface area contributed by atoms with Crippen LogP contribution in [-0.2, 0) is 14.4 Å². The average Bonchev–Trinajstić information content (AvgIpc) is 3.29. The molecule has 38 heavy (non-hydrogen) atoms. The maximum atomic E-state index is 12.7. The summed E-state index contributed by atoms with van der Waals surface area (Å²) in [6, 6.07) is 19.6. The Morgan fingerprint density at radius 2 is 1.71 bits per heavy atom. The molecule has 0 unspecified atom stereocenters. The van der Waals surface area contributed by atoms with E-state index in [1.165, 1.54) is 12.5 Å². The maximum absolute atomic E-state index is 12.7. The van der Waals surface area contributed by atoms with Gasteiger partial charge in [0.05, 0.1) is 28.0 Å². The molecule has 5 rings (SSSR count). The largest absolute Gasteiger partial charge is 0.338 e. The molecule has 2 heterocycles. The van der Waals surface area contributed by atoms with Crippen molar-refractivity contribution >= 4 is 67.9 Å². The van der Waals surface area contributed by atoms with Crippen LogP contribution in [0.4, 0.5) is 23.1 Å². The number of nitrogens with zero attached hydrogens (tertiary/aromatic N) is 3. The highest BCUT2D eigenvalue weighted by atomic mass is 35.5. The first-order valence-electron chi connectivity index (χ1n) is 11.5. The lowest BCUT2D eigenvalue weighted by Gasteiger charge is -2.15. The van der Waals surface area contributed by atoms with E-state index in [4.69, 9.17) is 11.6 Å². The van der Waals surface area contributed by atoms with Crippen molar-refractivity contribution < 1.29 is 13.0 Å². The standard InChI is InChI=1S/C26H24ClN6O3PS/c1-37(2,34)23-7-5-4-6-22(23)30-25-20(27)15-28-26(31-25)29-17-10-13-21-19(14-17)24(33-32-21)16-8-11-18(12-9-16)38(3,35)36/h4-15H,1-3H3,(H,32,33)(H2,28,29,30,31). The molecule has 0 saturated carbocycles. The van der Waals surface area contributed by atoms with Gasteiger partial charge in [0.25, 0.3) is 0 Å². The van der Waals surface area contributed by atoms with E-state index in [-0.39, 0.29) is 4.90 Å². The molecule has 0 bridgehead atoms. The van der Waals surface area contributed by atoms with Crippen molar-refractivity contribution in [1.82, 2.24) is 20.2 Å². The van der Waals surface area contributed by atoms with Crippen LogP contribution in [0.15, 0.2) is 77.8 Å². The number of halogens is 1. The zero-order chi connectivity index (χ0) is 27.1. The number of anilines is 4. The molecule has 0 amide bonds. The number of fused-ring (bicyclic) bond motifs is 1. The van der Waals surface area contributed by atoms with E-state index in [1.807, 2.05) is 42.5 Å². The predicted molar refractivity (Wildman–Crippen MR) is 154 cm³/mol. The van der Waals surface area contributed by atoms with E-state index < -0.39 is 17.0 Å². The molecule has 0 radical (unpaired) electrons. The summed E-state index contributed by atoms with van der Waals surface area (Å²) in [6.07, 6.45) is 2.67. The second-order valence-corrected chi connectivity index (χ2v) is 14.7. The van der Waals surface area contributed by atoms with Gasteiger partial charge in [0.15, 0.2) is 15.7 Å². The highest BCUT2D eigenvalue weighted by molar-refractivity contribution is 7.90.